The van der Waals surface area contributed by atoms with Crippen molar-refractivity contribution in [2.75, 3.05) is 18.1 Å². The van der Waals surface area contributed by atoms with E-state index in [1.165, 1.54) is 11.8 Å². The van der Waals surface area contributed by atoms with Gasteiger partial charge in [0.15, 0.2) is 0 Å². The molecule has 0 radical (unpaired) electrons. The molecule has 0 heterocycles. The average molecular weight is 401 g/mol. The quantitative estimate of drug-likeness (QED) is 0.280. The normalized spacial score (nSPS) is 31.4. The molecular weight excluding hydrogens is 364 g/mol. The number of aliphatic carboxylic acids is 1. The van der Waals surface area contributed by atoms with Crippen molar-refractivity contribution in [3.8, 4) is 0 Å². The molecule has 5 nitrogen and oxygen atoms in total. The zero-order valence-electron chi connectivity index (χ0n) is 16.2. The Labute approximate surface area is 167 Å². The van der Waals surface area contributed by atoms with Crippen molar-refractivity contribution in [1.82, 2.24) is 0 Å². The van der Waals surface area contributed by atoms with Gasteiger partial charge in [-0.25, -0.2) is 0 Å². The van der Waals surface area contributed by atoms with Crippen molar-refractivity contribution in [3.63, 3.8) is 0 Å². The predicted molar refractivity (Wildman–Crippen MR) is 109 cm³/mol. The van der Waals surface area contributed by atoms with Crippen molar-refractivity contribution >= 4 is 17.7 Å². The van der Waals surface area contributed by atoms with Crippen LogP contribution in [-0.4, -0.2) is 56.7 Å². The molecule has 0 saturated heterocycles. The van der Waals surface area contributed by atoms with E-state index in [4.69, 9.17) is 10.2 Å². The minimum Gasteiger partial charge on any atom is -0.481 e. The summed E-state index contributed by atoms with van der Waals surface area (Å²) in [5.41, 5.74) is 0. The Balaban J connectivity index is 1.71. The largest absolute Gasteiger partial charge is 0.481 e. The maximum Gasteiger partial charge on any atom is 0.313 e. The molecule has 0 aromatic heterocycles. The van der Waals surface area contributed by atoms with Gasteiger partial charge in [0.25, 0.3) is 0 Å². The summed E-state index contributed by atoms with van der Waals surface area (Å²) in [6.07, 6.45) is 11.9. The lowest BCUT2D eigenvalue weighted by molar-refractivity contribution is -0.133. The Bertz CT molecular complexity index is 469. The molecule has 2 saturated carbocycles. The Hall–Kier alpha value is -0.560. The number of carboxylic acid groups (broad SMARTS) is 1. The number of fused-ring (bicyclic) bond motifs is 1. The highest BCUT2D eigenvalue weighted by Gasteiger charge is 2.46. The minimum absolute atomic E-state index is 0.149. The number of carboxylic acids is 1. The van der Waals surface area contributed by atoms with Gasteiger partial charge in [-0.3, -0.25) is 4.79 Å². The van der Waals surface area contributed by atoms with Gasteiger partial charge in [-0.1, -0.05) is 31.4 Å². The minimum atomic E-state index is -0.747. The Morgan fingerprint density at radius 2 is 1.93 bits per heavy atom. The smallest absolute Gasteiger partial charge is 0.313 e. The first-order valence-corrected chi connectivity index (χ1v) is 11.6. The summed E-state index contributed by atoms with van der Waals surface area (Å²) in [4.78, 5) is 10.6. The van der Waals surface area contributed by atoms with Crippen molar-refractivity contribution in [1.29, 1.82) is 0 Å². The average Bonchev–Trinajstić information content (AvgIpc) is 3.13. The third-order valence-corrected chi connectivity index (χ3v) is 7.16. The van der Waals surface area contributed by atoms with Crippen molar-refractivity contribution in [2.24, 2.45) is 23.7 Å². The molecule has 0 aromatic rings. The number of carbonyl (C=O) groups is 1. The van der Waals surface area contributed by atoms with Crippen LogP contribution in [0.15, 0.2) is 12.2 Å². The molecule has 0 amide bonds. The second-order valence-corrected chi connectivity index (χ2v) is 9.36. The van der Waals surface area contributed by atoms with Crippen LogP contribution in [-0.2, 0) is 4.79 Å². The number of thioether (sulfide) groups is 1. The van der Waals surface area contributed by atoms with E-state index < -0.39 is 12.1 Å². The summed E-state index contributed by atoms with van der Waals surface area (Å²) in [5, 5.41) is 38.1. The fourth-order valence-electron chi connectivity index (χ4n) is 4.86. The maximum absolute atomic E-state index is 10.6. The molecule has 4 N–H and O–H groups in total. The van der Waals surface area contributed by atoms with Crippen LogP contribution in [0.1, 0.15) is 57.8 Å². The zero-order valence-corrected chi connectivity index (χ0v) is 17.0. The van der Waals surface area contributed by atoms with Crippen molar-refractivity contribution in [3.05, 3.63) is 12.2 Å². The maximum atomic E-state index is 10.6. The van der Waals surface area contributed by atoms with Gasteiger partial charge in [-0.15, -0.1) is 0 Å². The summed E-state index contributed by atoms with van der Waals surface area (Å²) in [5.74, 6) is 2.19. The van der Waals surface area contributed by atoms with E-state index in [1.807, 2.05) is 6.08 Å². The summed E-state index contributed by atoms with van der Waals surface area (Å²) in [6, 6.07) is 0. The number of aliphatic hydroxyl groups excluding tert-OH is 3. The van der Waals surface area contributed by atoms with Crippen molar-refractivity contribution in [2.45, 2.75) is 70.0 Å². The standard InChI is InChI=1S/C21H36O5S/c22-9-4-2-1-3-5-17(23)6-7-18-19-12-15(8-10-27-14-21(25)26)11-16(19)13-20(18)24/h6-7,15-20,22-24H,1-5,8-14H2,(H,25,26)/t15?,16-,17?,18-,19+,20-/m0/s1. The monoisotopic (exact) mass is 400 g/mol. The summed E-state index contributed by atoms with van der Waals surface area (Å²) >= 11 is 1.49. The molecule has 2 aliphatic carbocycles. The highest BCUT2D eigenvalue weighted by Crippen LogP contribution is 2.51. The van der Waals surface area contributed by atoms with E-state index in [2.05, 4.69) is 6.08 Å². The van der Waals surface area contributed by atoms with E-state index in [0.29, 0.717) is 17.8 Å². The van der Waals surface area contributed by atoms with Crippen LogP contribution in [0.5, 0.6) is 0 Å². The third kappa shape index (κ3) is 7.76. The van der Waals surface area contributed by atoms with Crippen LogP contribution in [0.25, 0.3) is 0 Å². The molecule has 156 valence electrons. The SMILES string of the molecule is O=C(O)CSCCC1C[C@H]2C[C@H](O)[C@@H](C=CC(O)CCCCCCO)[C@@H]2C1. The van der Waals surface area contributed by atoms with Crippen LogP contribution < -0.4 is 0 Å². The second-order valence-electron chi connectivity index (χ2n) is 8.26. The van der Waals surface area contributed by atoms with E-state index in [0.717, 1.165) is 63.5 Å². The van der Waals surface area contributed by atoms with E-state index in [-0.39, 0.29) is 24.4 Å². The fraction of sp³-hybridized carbons (Fsp3) is 0.857. The first-order valence-electron chi connectivity index (χ1n) is 10.5. The van der Waals surface area contributed by atoms with Gasteiger partial charge >= 0.3 is 5.97 Å². The number of hydrogen-bond donors (Lipinski definition) is 4. The molecule has 0 bridgehead atoms. The Morgan fingerprint density at radius 3 is 2.67 bits per heavy atom. The van der Waals surface area contributed by atoms with Gasteiger partial charge in [0.05, 0.1) is 18.0 Å². The molecule has 0 spiro atoms. The first-order chi connectivity index (χ1) is 13.0. The van der Waals surface area contributed by atoms with Gasteiger partial charge in [0.2, 0.25) is 0 Å². The number of hydrogen-bond acceptors (Lipinski definition) is 5. The molecule has 2 aliphatic rings. The van der Waals surface area contributed by atoms with Crippen LogP contribution >= 0.6 is 11.8 Å². The second kappa shape index (κ2) is 12.1. The molecule has 2 unspecified atom stereocenters. The van der Waals surface area contributed by atoms with E-state index >= 15 is 0 Å². The van der Waals surface area contributed by atoms with Gasteiger partial charge in [-0.2, -0.15) is 11.8 Å². The van der Waals surface area contributed by atoms with Crippen molar-refractivity contribution < 1.29 is 25.2 Å². The number of unbranched alkanes of at least 4 members (excludes halogenated alkanes) is 3. The summed E-state index contributed by atoms with van der Waals surface area (Å²) < 4.78 is 0. The fourth-order valence-corrected chi connectivity index (χ4v) is 5.68. The number of rotatable bonds is 13. The molecule has 2 fully saturated rings. The van der Waals surface area contributed by atoms with Gasteiger partial charge < -0.3 is 20.4 Å². The lowest BCUT2D eigenvalue weighted by Crippen LogP contribution is -2.18. The lowest BCUT2D eigenvalue weighted by Gasteiger charge is -2.19. The van der Waals surface area contributed by atoms with Gasteiger partial charge in [0, 0.05) is 12.5 Å². The van der Waals surface area contributed by atoms with Crippen LogP contribution in [0.4, 0.5) is 0 Å². The van der Waals surface area contributed by atoms with Crippen LogP contribution in [0.2, 0.25) is 0 Å². The predicted octanol–water partition coefficient (Wildman–Crippen LogP) is 3.08. The third-order valence-electron chi connectivity index (χ3n) is 6.19. The van der Waals surface area contributed by atoms with E-state index in [9.17, 15) is 15.0 Å². The molecule has 2 rings (SSSR count). The van der Waals surface area contributed by atoms with Gasteiger partial charge in [0.1, 0.15) is 0 Å². The van der Waals surface area contributed by atoms with Gasteiger partial charge in [-0.05, 0) is 62.0 Å². The molecule has 6 heteroatoms. The molecule has 6 atom stereocenters. The highest BCUT2D eigenvalue weighted by atomic mass is 32.2. The molecule has 0 aromatic carbocycles. The summed E-state index contributed by atoms with van der Waals surface area (Å²) in [6.45, 7) is 0.240. The zero-order chi connectivity index (χ0) is 19.6. The highest BCUT2D eigenvalue weighted by molar-refractivity contribution is 7.99. The number of aliphatic hydroxyl groups is 3. The van der Waals surface area contributed by atoms with Crippen LogP contribution in [0, 0.1) is 23.7 Å². The first kappa shape index (κ1) is 22.7. The Kier molecular flexibility index (Phi) is 10.2. The summed E-state index contributed by atoms with van der Waals surface area (Å²) in [7, 11) is 0. The molecule has 27 heavy (non-hydrogen) atoms. The van der Waals surface area contributed by atoms with Crippen LogP contribution in [0.3, 0.4) is 0 Å². The lowest BCUT2D eigenvalue weighted by atomic mass is 9.89. The molecule has 0 aliphatic heterocycles. The Morgan fingerprint density at radius 1 is 1.15 bits per heavy atom. The topological polar surface area (TPSA) is 98.0 Å². The molecular formula is C21H36O5S. The van der Waals surface area contributed by atoms with E-state index in [1.54, 1.807) is 0 Å².